The van der Waals surface area contributed by atoms with E-state index in [1.54, 1.807) is 7.11 Å². The molecule has 1 aliphatic heterocycles. The van der Waals surface area contributed by atoms with Gasteiger partial charge in [-0.25, -0.2) is 0 Å². The molecular formula is C17H26N2O2S. The van der Waals surface area contributed by atoms with E-state index in [0.29, 0.717) is 16.9 Å². The third kappa shape index (κ3) is 4.92. The van der Waals surface area contributed by atoms with Gasteiger partial charge in [0.2, 0.25) is 5.91 Å². The number of ether oxygens (including phenoxy) is 1. The fourth-order valence-electron chi connectivity index (χ4n) is 2.67. The molecule has 0 bridgehead atoms. The number of methoxy groups -OCH3 is 1. The molecule has 1 amide bonds. The number of nitrogens with one attached hydrogen (secondary N) is 2. The Morgan fingerprint density at radius 3 is 2.91 bits per heavy atom. The van der Waals surface area contributed by atoms with Crippen LogP contribution < -0.4 is 15.4 Å². The molecule has 0 saturated carbocycles. The molecule has 1 aromatic carbocycles. The van der Waals surface area contributed by atoms with Gasteiger partial charge in [-0.05, 0) is 44.6 Å². The minimum absolute atomic E-state index is 0.00808. The minimum atomic E-state index is 0.00808. The molecule has 0 aromatic heterocycles. The highest BCUT2D eigenvalue weighted by Gasteiger charge is 2.29. The summed E-state index contributed by atoms with van der Waals surface area (Å²) in [5, 5.41) is 6.42. The molecule has 2 atom stereocenters. The van der Waals surface area contributed by atoms with E-state index in [2.05, 4.69) is 24.5 Å². The van der Waals surface area contributed by atoms with Gasteiger partial charge in [-0.1, -0.05) is 12.1 Å². The smallest absolute Gasteiger partial charge is 0.226 e. The Morgan fingerprint density at radius 1 is 1.45 bits per heavy atom. The third-order valence-corrected chi connectivity index (χ3v) is 5.54. The van der Waals surface area contributed by atoms with Crippen molar-refractivity contribution >= 4 is 23.4 Å². The summed E-state index contributed by atoms with van der Waals surface area (Å²) in [5.74, 6) is 1.95. The maximum Gasteiger partial charge on any atom is 0.226 e. The molecule has 1 aliphatic rings. The standard InChI is InChI=1S/C17H26N2O2S/c1-13(18-12-17(2)9-6-10-22-17)11-16(20)19-14-7-4-5-8-15(14)21-3/h4-5,7-8,13,18H,6,9-12H2,1-3H3,(H,19,20)/t13-,17-/m0/s1. The van der Waals surface area contributed by atoms with Crippen LogP contribution in [-0.4, -0.2) is 36.1 Å². The number of anilines is 1. The van der Waals surface area contributed by atoms with Gasteiger partial charge in [0.1, 0.15) is 5.75 Å². The predicted octanol–water partition coefficient (Wildman–Crippen LogP) is 3.29. The second-order valence-electron chi connectivity index (χ2n) is 6.14. The molecule has 22 heavy (non-hydrogen) atoms. The van der Waals surface area contributed by atoms with Crippen LogP contribution in [0, 0.1) is 0 Å². The van der Waals surface area contributed by atoms with Crippen LogP contribution >= 0.6 is 11.8 Å². The molecule has 0 aliphatic carbocycles. The quantitative estimate of drug-likeness (QED) is 0.809. The fraction of sp³-hybridized carbons (Fsp3) is 0.588. The summed E-state index contributed by atoms with van der Waals surface area (Å²) < 4.78 is 5.57. The van der Waals surface area contributed by atoms with Crippen LogP contribution in [0.3, 0.4) is 0 Å². The Balaban J connectivity index is 1.78. The van der Waals surface area contributed by atoms with Gasteiger partial charge in [0.25, 0.3) is 0 Å². The number of rotatable bonds is 7. The van der Waals surface area contributed by atoms with Gasteiger partial charge in [0.15, 0.2) is 0 Å². The average molecular weight is 322 g/mol. The summed E-state index contributed by atoms with van der Waals surface area (Å²) in [7, 11) is 1.61. The van der Waals surface area contributed by atoms with E-state index in [1.165, 1.54) is 18.6 Å². The Morgan fingerprint density at radius 2 is 2.23 bits per heavy atom. The molecule has 1 fully saturated rings. The SMILES string of the molecule is COc1ccccc1NC(=O)C[C@H](C)NC[C@]1(C)CCCS1. The zero-order valence-electron chi connectivity index (χ0n) is 13.6. The van der Waals surface area contributed by atoms with Crippen LogP contribution in [-0.2, 0) is 4.79 Å². The first-order valence-corrected chi connectivity index (χ1v) is 8.81. The van der Waals surface area contributed by atoms with E-state index in [-0.39, 0.29) is 11.9 Å². The molecule has 1 heterocycles. The third-order valence-electron chi connectivity index (χ3n) is 4.00. The largest absolute Gasteiger partial charge is 0.495 e. The van der Waals surface area contributed by atoms with Crippen molar-refractivity contribution in [2.45, 2.75) is 43.9 Å². The van der Waals surface area contributed by atoms with Gasteiger partial charge < -0.3 is 15.4 Å². The highest BCUT2D eigenvalue weighted by atomic mass is 32.2. The number of amides is 1. The van der Waals surface area contributed by atoms with Crippen molar-refractivity contribution in [3.63, 3.8) is 0 Å². The highest BCUT2D eigenvalue weighted by molar-refractivity contribution is 8.00. The second kappa shape index (κ2) is 7.88. The van der Waals surface area contributed by atoms with Gasteiger partial charge in [-0.15, -0.1) is 0 Å². The molecule has 0 spiro atoms. The first-order valence-electron chi connectivity index (χ1n) is 7.83. The molecule has 4 nitrogen and oxygen atoms in total. The Bertz CT molecular complexity index is 501. The number of thioether (sulfide) groups is 1. The Labute approximate surface area is 137 Å². The summed E-state index contributed by atoms with van der Waals surface area (Å²) in [6, 6.07) is 7.63. The van der Waals surface area contributed by atoms with Gasteiger partial charge in [0.05, 0.1) is 12.8 Å². The molecule has 1 aromatic rings. The number of para-hydroxylation sites is 2. The van der Waals surface area contributed by atoms with E-state index >= 15 is 0 Å². The lowest BCUT2D eigenvalue weighted by Gasteiger charge is -2.25. The lowest BCUT2D eigenvalue weighted by molar-refractivity contribution is -0.116. The summed E-state index contributed by atoms with van der Waals surface area (Å²) in [6.45, 7) is 5.32. The maximum absolute atomic E-state index is 12.2. The van der Waals surface area contributed by atoms with Gasteiger partial charge in [-0.2, -0.15) is 11.8 Å². The number of hydrogen-bond donors (Lipinski definition) is 2. The summed E-state index contributed by atoms with van der Waals surface area (Å²) >= 11 is 2.03. The minimum Gasteiger partial charge on any atom is -0.495 e. The van der Waals surface area contributed by atoms with E-state index < -0.39 is 0 Å². The van der Waals surface area contributed by atoms with Crippen molar-refractivity contribution in [2.75, 3.05) is 24.7 Å². The first-order chi connectivity index (χ1) is 10.5. The zero-order chi connectivity index (χ0) is 16.0. The van der Waals surface area contributed by atoms with Crippen LogP contribution in [0.4, 0.5) is 5.69 Å². The second-order valence-corrected chi connectivity index (χ2v) is 7.82. The van der Waals surface area contributed by atoms with Crippen LogP contribution in [0.5, 0.6) is 5.75 Å². The molecule has 122 valence electrons. The van der Waals surface area contributed by atoms with E-state index in [1.807, 2.05) is 36.0 Å². The van der Waals surface area contributed by atoms with Crippen molar-refractivity contribution in [2.24, 2.45) is 0 Å². The van der Waals surface area contributed by atoms with Crippen molar-refractivity contribution in [1.82, 2.24) is 5.32 Å². The summed E-state index contributed by atoms with van der Waals surface area (Å²) in [5.41, 5.74) is 0.723. The molecule has 0 radical (unpaired) electrons. The number of benzene rings is 1. The van der Waals surface area contributed by atoms with Crippen molar-refractivity contribution in [3.8, 4) is 5.75 Å². The van der Waals surface area contributed by atoms with Gasteiger partial charge in [-0.3, -0.25) is 4.79 Å². The van der Waals surface area contributed by atoms with E-state index in [0.717, 1.165) is 12.2 Å². The Kier molecular flexibility index (Phi) is 6.15. The Hall–Kier alpha value is -1.20. The molecular weight excluding hydrogens is 296 g/mol. The van der Waals surface area contributed by atoms with Gasteiger partial charge in [0, 0.05) is 23.8 Å². The lowest BCUT2D eigenvalue weighted by Crippen LogP contribution is -2.39. The van der Waals surface area contributed by atoms with Crippen LogP contribution in [0.1, 0.15) is 33.1 Å². The first kappa shape index (κ1) is 17.2. The van der Waals surface area contributed by atoms with E-state index in [4.69, 9.17) is 4.74 Å². The van der Waals surface area contributed by atoms with Gasteiger partial charge >= 0.3 is 0 Å². The lowest BCUT2D eigenvalue weighted by atomic mass is 10.1. The summed E-state index contributed by atoms with van der Waals surface area (Å²) in [6.07, 6.45) is 3.01. The molecule has 0 unspecified atom stereocenters. The molecule has 5 heteroatoms. The number of carbonyl (C=O) groups excluding carboxylic acids is 1. The molecule has 2 N–H and O–H groups in total. The molecule has 2 rings (SSSR count). The summed E-state index contributed by atoms with van der Waals surface area (Å²) in [4.78, 5) is 12.2. The fourth-order valence-corrected chi connectivity index (χ4v) is 3.92. The average Bonchev–Trinajstić information content (AvgIpc) is 2.93. The highest BCUT2D eigenvalue weighted by Crippen LogP contribution is 2.37. The maximum atomic E-state index is 12.2. The number of carbonyl (C=O) groups is 1. The van der Waals surface area contributed by atoms with E-state index in [9.17, 15) is 4.79 Å². The number of hydrogen-bond acceptors (Lipinski definition) is 4. The molecule has 1 saturated heterocycles. The van der Waals surface area contributed by atoms with Crippen molar-refractivity contribution in [3.05, 3.63) is 24.3 Å². The van der Waals surface area contributed by atoms with Crippen molar-refractivity contribution in [1.29, 1.82) is 0 Å². The monoisotopic (exact) mass is 322 g/mol. The normalized spacial score (nSPS) is 22.3. The van der Waals surface area contributed by atoms with Crippen LogP contribution in [0.2, 0.25) is 0 Å². The predicted molar refractivity (Wildman–Crippen MR) is 93.8 cm³/mol. The van der Waals surface area contributed by atoms with Crippen LogP contribution in [0.25, 0.3) is 0 Å². The zero-order valence-corrected chi connectivity index (χ0v) is 14.5. The van der Waals surface area contributed by atoms with Crippen LogP contribution in [0.15, 0.2) is 24.3 Å². The topological polar surface area (TPSA) is 50.4 Å². The van der Waals surface area contributed by atoms with Crippen molar-refractivity contribution < 1.29 is 9.53 Å².